The zero-order valence-corrected chi connectivity index (χ0v) is 15.3. The molecular weight excluding hydrogens is 300 g/mol. The number of nitrogens with two attached hydrogens (primary N) is 1. The van der Waals surface area contributed by atoms with Gasteiger partial charge in [-0.3, -0.25) is 4.90 Å². The molecule has 1 fully saturated rings. The zero-order valence-electron chi connectivity index (χ0n) is 15.3. The van der Waals surface area contributed by atoms with Gasteiger partial charge < -0.3 is 4.74 Å². The predicted octanol–water partition coefficient (Wildman–Crippen LogP) is 3.63. The van der Waals surface area contributed by atoms with Gasteiger partial charge in [0.25, 0.3) is 0 Å². The molecule has 0 radical (unpaired) electrons. The Labute approximate surface area is 146 Å². The summed E-state index contributed by atoms with van der Waals surface area (Å²) in [5.41, 5.74) is 2.26. The summed E-state index contributed by atoms with van der Waals surface area (Å²) in [6.45, 7) is 7.30. The maximum atomic E-state index is 12.1. The summed E-state index contributed by atoms with van der Waals surface area (Å²) < 4.78 is 5.53. The smallest absolute Gasteiger partial charge is 0.415 e. The number of aryl methyl sites for hydroxylation is 1. The van der Waals surface area contributed by atoms with Crippen molar-refractivity contribution in [1.82, 2.24) is 4.90 Å². The number of hydrogen-bond acceptors (Lipinski definition) is 3. The molecule has 0 spiro atoms. The quantitative estimate of drug-likeness (QED) is 0.584. The number of ether oxygens (including phenoxy) is 1. The first-order valence-electron chi connectivity index (χ1n) is 9.54. The van der Waals surface area contributed by atoms with E-state index in [2.05, 4.69) is 24.0 Å². The summed E-state index contributed by atoms with van der Waals surface area (Å²) in [6.07, 6.45) is 8.42. The summed E-state index contributed by atoms with van der Waals surface area (Å²) in [7, 11) is 0. The lowest BCUT2D eigenvalue weighted by atomic mass is 10.1. The lowest BCUT2D eigenvalue weighted by molar-refractivity contribution is -0.484. The Balaban J connectivity index is 1.70. The second-order valence-corrected chi connectivity index (χ2v) is 6.95. The lowest BCUT2D eigenvalue weighted by Gasteiger charge is -2.28. The number of hydrogen-bond donors (Lipinski definition) is 1. The molecule has 1 amide bonds. The van der Waals surface area contributed by atoms with Crippen molar-refractivity contribution in [1.29, 1.82) is 0 Å². The lowest BCUT2D eigenvalue weighted by Crippen LogP contribution is -2.82. The second kappa shape index (κ2) is 10.5. The molecule has 1 aliphatic heterocycles. The Hall–Kier alpha value is -1.39. The molecule has 24 heavy (non-hydrogen) atoms. The van der Waals surface area contributed by atoms with Crippen LogP contribution in [0.25, 0.3) is 0 Å². The fraction of sp³-hybridized carbons (Fsp3) is 0.650. The van der Waals surface area contributed by atoms with Crippen molar-refractivity contribution in [2.45, 2.75) is 64.9 Å². The van der Waals surface area contributed by atoms with Gasteiger partial charge in [-0.05, 0) is 63.4 Å². The number of quaternary nitrogens is 1. The minimum Gasteiger partial charge on any atom is -0.415 e. The summed E-state index contributed by atoms with van der Waals surface area (Å²) >= 11 is 0. The summed E-state index contributed by atoms with van der Waals surface area (Å²) in [4.78, 5) is 14.5. The Morgan fingerprint density at radius 1 is 1.17 bits per heavy atom. The average molecular weight is 333 g/mol. The van der Waals surface area contributed by atoms with Crippen LogP contribution in [-0.4, -0.2) is 36.7 Å². The van der Waals surface area contributed by atoms with Gasteiger partial charge in [0, 0.05) is 6.54 Å². The molecule has 1 aromatic carbocycles. The predicted molar refractivity (Wildman–Crippen MR) is 97.5 cm³/mol. The number of unbranched alkanes of at least 4 members (excludes halogenated alkanes) is 2. The van der Waals surface area contributed by atoms with E-state index in [4.69, 9.17) is 4.74 Å². The zero-order chi connectivity index (χ0) is 17.2. The van der Waals surface area contributed by atoms with Gasteiger partial charge in [0.15, 0.2) is 0 Å². The first-order chi connectivity index (χ1) is 11.7. The monoisotopic (exact) mass is 333 g/mol. The highest BCUT2D eigenvalue weighted by molar-refractivity contribution is 5.59. The maximum absolute atomic E-state index is 12.1. The molecule has 0 bridgehead atoms. The Morgan fingerprint density at radius 3 is 2.54 bits per heavy atom. The van der Waals surface area contributed by atoms with Gasteiger partial charge in [-0.1, -0.05) is 38.3 Å². The average Bonchev–Trinajstić information content (AvgIpc) is 2.57. The van der Waals surface area contributed by atoms with E-state index in [1.807, 2.05) is 19.1 Å². The third kappa shape index (κ3) is 7.02. The van der Waals surface area contributed by atoms with E-state index in [9.17, 15) is 4.79 Å². The van der Waals surface area contributed by atoms with Crippen LogP contribution in [0.3, 0.4) is 0 Å². The number of carbonyl (C=O) groups excluding carboxylic acids is 1. The van der Waals surface area contributed by atoms with E-state index in [0.717, 1.165) is 31.7 Å². The normalized spacial score (nSPS) is 16.8. The number of piperidine rings is 1. The van der Waals surface area contributed by atoms with Crippen LogP contribution in [0.15, 0.2) is 24.3 Å². The Kier molecular flexibility index (Phi) is 8.26. The van der Waals surface area contributed by atoms with Crippen LogP contribution in [-0.2, 0) is 11.2 Å². The van der Waals surface area contributed by atoms with Gasteiger partial charge in [0.05, 0.1) is 0 Å². The standard InChI is InChI=1S/C20H32N2O2/c1-3-4-6-9-18-10-12-19(13-11-18)21-20(23)24-17(2)16-22-14-7-5-8-15-22/h10-13,17H,3-9,14-16H2,1-2H3,(H,21,23)/p+1/t17-/m0/s1. The van der Waals surface area contributed by atoms with E-state index >= 15 is 0 Å². The van der Waals surface area contributed by atoms with E-state index in [1.54, 1.807) is 5.32 Å². The fourth-order valence-electron chi connectivity index (χ4n) is 3.27. The van der Waals surface area contributed by atoms with Crippen LogP contribution in [0.4, 0.5) is 10.5 Å². The minimum atomic E-state index is -0.238. The molecule has 0 aliphatic carbocycles. The first kappa shape index (κ1) is 18.9. The highest BCUT2D eigenvalue weighted by Crippen LogP contribution is 2.11. The van der Waals surface area contributed by atoms with E-state index in [-0.39, 0.29) is 12.2 Å². The van der Waals surface area contributed by atoms with Gasteiger partial charge in [0.1, 0.15) is 11.8 Å². The highest BCUT2D eigenvalue weighted by Gasteiger charge is 2.18. The number of likely N-dealkylation sites (tertiary alicyclic amines) is 1. The highest BCUT2D eigenvalue weighted by atomic mass is 16.6. The second-order valence-electron chi connectivity index (χ2n) is 6.95. The molecule has 1 atom stereocenters. The van der Waals surface area contributed by atoms with Gasteiger partial charge in [-0.15, -0.1) is 0 Å². The number of primary amides is 1. The van der Waals surface area contributed by atoms with E-state index < -0.39 is 0 Å². The molecule has 0 saturated carbocycles. The number of nitrogens with zero attached hydrogens (tertiary/aromatic N) is 1. The third-order valence-electron chi connectivity index (χ3n) is 4.61. The number of benzene rings is 1. The molecule has 1 heterocycles. The van der Waals surface area contributed by atoms with Crippen LogP contribution in [0.2, 0.25) is 0 Å². The molecular formula is C20H33N2O2+. The summed E-state index contributed by atoms with van der Waals surface area (Å²) in [5, 5.41) is 1.60. The molecule has 4 nitrogen and oxygen atoms in total. The molecule has 2 rings (SSSR count). The molecule has 1 saturated heterocycles. The molecule has 0 unspecified atom stereocenters. The maximum Gasteiger partial charge on any atom is 0.518 e. The van der Waals surface area contributed by atoms with E-state index in [0.29, 0.717) is 0 Å². The Bertz CT molecular complexity index is 481. The largest absolute Gasteiger partial charge is 0.518 e. The SMILES string of the molecule is CCCCCc1ccc([NH2+]C(=O)O[C@@H](C)CN2CCCCC2)cc1. The van der Waals surface area contributed by atoms with E-state index in [1.165, 1.54) is 44.1 Å². The van der Waals surface area contributed by atoms with Crippen LogP contribution in [0, 0.1) is 0 Å². The van der Waals surface area contributed by atoms with Crippen LogP contribution < -0.4 is 5.32 Å². The molecule has 4 heteroatoms. The molecule has 134 valence electrons. The van der Waals surface area contributed by atoms with Gasteiger partial charge in [-0.2, -0.15) is 4.79 Å². The van der Waals surface area contributed by atoms with Crippen molar-refractivity contribution in [2.75, 3.05) is 19.6 Å². The first-order valence-corrected chi connectivity index (χ1v) is 9.54. The summed E-state index contributed by atoms with van der Waals surface area (Å²) in [6, 6.07) is 8.26. The van der Waals surface area contributed by atoms with Gasteiger partial charge >= 0.3 is 6.09 Å². The van der Waals surface area contributed by atoms with Crippen molar-refractivity contribution in [3.63, 3.8) is 0 Å². The topological polar surface area (TPSA) is 46.1 Å². The van der Waals surface area contributed by atoms with Crippen LogP contribution >= 0.6 is 0 Å². The third-order valence-corrected chi connectivity index (χ3v) is 4.61. The van der Waals surface area contributed by atoms with Gasteiger partial charge in [-0.25, -0.2) is 5.32 Å². The number of amides is 1. The summed E-state index contributed by atoms with van der Waals surface area (Å²) in [5.74, 6) is 0. The van der Waals surface area contributed by atoms with Crippen LogP contribution in [0.5, 0.6) is 0 Å². The fourth-order valence-corrected chi connectivity index (χ4v) is 3.27. The van der Waals surface area contributed by atoms with Gasteiger partial charge in [0.2, 0.25) is 0 Å². The number of rotatable bonds is 8. The molecule has 1 aromatic rings. The minimum absolute atomic E-state index is 0.0554. The van der Waals surface area contributed by atoms with Crippen molar-refractivity contribution < 1.29 is 14.8 Å². The van der Waals surface area contributed by atoms with Crippen molar-refractivity contribution >= 4 is 11.8 Å². The van der Waals surface area contributed by atoms with Crippen molar-refractivity contribution in [2.24, 2.45) is 0 Å². The molecule has 1 aliphatic rings. The van der Waals surface area contributed by atoms with Crippen molar-refractivity contribution in [3.05, 3.63) is 29.8 Å². The van der Waals surface area contributed by atoms with Crippen LogP contribution in [0.1, 0.15) is 57.9 Å². The number of carbonyl (C=O) groups is 1. The molecule has 2 N–H and O–H groups in total. The van der Waals surface area contributed by atoms with Crippen molar-refractivity contribution in [3.8, 4) is 0 Å². The molecule has 0 aromatic heterocycles. The Morgan fingerprint density at radius 2 is 1.88 bits per heavy atom.